The molecule has 1 saturated heterocycles. The number of aryl methyl sites for hydroxylation is 1. The standard InChI is InChI=1S/C13H16N2O4/c1-2-9-3-4-14-10(7-9)12(16)15-5-6-19-8-11(15)13(17)18/h3-4,7,11H,2,5-6,8H2,1H3,(H,17,18). The quantitative estimate of drug-likeness (QED) is 0.863. The van der Waals surface area contributed by atoms with Gasteiger partial charge in [-0.1, -0.05) is 6.92 Å². The van der Waals surface area contributed by atoms with Crippen molar-refractivity contribution in [3.63, 3.8) is 0 Å². The number of rotatable bonds is 3. The SMILES string of the molecule is CCc1ccnc(C(=O)N2CCOCC2C(=O)O)c1. The second kappa shape index (κ2) is 5.79. The summed E-state index contributed by atoms with van der Waals surface area (Å²) in [4.78, 5) is 28.8. The van der Waals surface area contributed by atoms with Crippen LogP contribution in [0.1, 0.15) is 23.0 Å². The van der Waals surface area contributed by atoms with Crippen LogP contribution in [0.2, 0.25) is 0 Å². The fourth-order valence-electron chi connectivity index (χ4n) is 2.01. The van der Waals surface area contributed by atoms with Crippen LogP contribution in [0.3, 0.4) is 0 Å². The number of morpholine rings is 1. The van der Waals surface area contributed by atoms with Gasteiger partial charge in [0.05, 0.1) is 13.2 Å². The lowest BCUT2D eigenvalue weighted by atomic mass is 10.1. The van der Waals surface area contributed by atoms with E-state index in [-0.39, 0.29) is 24.8 Å². The summed E-state index contributed by atoms with van der Waals surface area (Å²) in [6, 6.07) is 2.61. The van der Waals surface area contributed by atoms with Gasteiger partial charge in [0.25, 0.3) is 5.91 Å². The van der Waals surface area contributed by atoms with Crippen molar-refractivity contribution in [2.75, 3.05) is 19.8 Å². The predicted molar refractivity (Wildman–Crippen MR) is 66.9 cm³/mol. The van der Waals surface area contributed by atoms with Crippen molar-refractivity contribution in [3.8, 4) is 0 Å². The third-order valence-electron chi connectivity index (χ3n) is 3.13. The van der Waals surface area contributed by atoms with Gasteiger partial charge in [0.15, 0.2) is 6.04 Å². The Morgan fingerprint density at radius 3 is 3.05 bits per heavy atom. The lowest BCUT2D eigenvalue weighted by molar-refractivity contribution is -0.147. The number of amides is 1. The first-order chi connectivity index (χ1) is 9.13. The number of carboxylic acids is 1. The van der Waals surface area contributed by atoms with Crippen LogP contribution < -0.4 is 0 Å². The van der Waals surface area contributed by atoms with Crippen LogP contribution in [0.5, 0.6) is 0 Å². The normalized spacial score (nSPS) is 19.2. The van der Waals surface area contributed by atoms with Crippen LogP contribution in [0.15, 0.2) is 18.3 Å². The number of hydrogen-bond acceptors (Lipinski definition) is 4. The van der Waals surface area contributed by atoms with E-state index >= 15 is 0 Å². The summed E-state index contributed by atoms with van der Waals surface area (Å²) in [5, 5.41) is 9.11. The molecule has 0 aromatic carbocycles. The van der Waals surface area contributed by atoms with E-state index in [0.717, 1.165) is 12.0 Å². The predicted octanol–water partition coefficient (Wildman–Crippen LogP) is 0.570. The molecule has 1 aromatic rings. The smallest absolute Gasteiger partial charge is 0.328 e. The number of ether oxygens (including phenoxy) is 1. The Hall–Kier alpha value is -1.95. The Morgan fingerprint density at radius 1 is 1.58 bits per heavy atom. The molecule has 102 valence electrons. The van der Waals surface area contributed by atoms with Crippen molar-refractivity contribution in [1.82, 2.24) is 9.88 Å². The first kappa shape index (κ1) is 13.5. The topological polar surface area (TPSA) is 79.7 Å². The van der Waals surface area contributed by atoms with E-state index in [4.69, 9.17) is 9.84 Å². The average molecular weight is 264 g/mol. The maximum Gasteiger partial charge on any atom is 0.328 e. The Kier molecular flexibility index (Phi) is 4.11. The number of nitrogens with zero attached hydrogens (tertiary/aromatic N) is 2. The molecule has 1 amide bonds. The number of aliphatic carboxylic acids is 1. The van der Waals surface area contributed by atoms with Gasteiger partial charge in [-0.25, -0.2) is 4.79 Å². The summed E-state index contributed by atoms with van der Waals surface area (Å²) >= 11 is 0. The lowest BCUT2D eigenvalue weighted by Gasteiger charge is -2.32. The summed E-state index contributed by atoms with van der Waals surface area (Å²) in [5.74, 6) is -1.41. The summed E-state index contributed by atoms with van der Waals surface area (Å²) < 4.78 is 5.11. The van der Waals surface area contributed by atoms with Crippen molar-refractivity contribution < 1.29 is 19.4 Å². The van der Waals surface area contributed by atoms with Gasteiger partial charge in [-0.15, -0.1) is 0 Å². The minimum atomic E-state index is -1.06. The Bertz CT molecular complexity index is 489. The van der Waals surface area contributed by atoms with Crippen LogP contribution in [0.4, 0.5) is 0 Å². The minimum absolute atomic E-state index is 0.0224. The molecule has 6 nitrogen and oxygen atoms in total. The average Bonchev–Trinajstić information content (AvgIpc) is 2.46. The van der Waals surface area contributed by atoms with Crippen LogP contribution in [0.25, 0.3) is 0 Å². The number of carbonyl (C=O) groups excluding carboxylic acids is 1. The highest BCUT2D eigenvalue weighted by molar-refractivity contribution is 5.95. The monoisotopic (exact) mass is 264 g/mol. The van der Waals surface area contributed by atoms with Crippen LogP contribution in [-0.4, -0.2) is 52.7 Å². The molecule has 1 N–H and O–H groups in total. The number of aromatic nitrogens is 1. The number of carbonyl (C=O) groups is 2. The largest absolute Gasteiger partial charge is 0.480 e. The van der Waals surface area contributed by atoms with Gasteiger partial charge in [0.1, 0.15) is 5.69 Å². The molecule has 0 aliphatic carbocycles. The number of hydrogen-bond donors (Lipinski definition) is 1. The summed E-state index contributed by atoms with van der Waals surface area (Å²) in [5.41, 5.74) is 1.28. The van der Waals surface area contributed by atoms with Crippen molar-refractivity contribution >= 4 is 11.9 Å². The van der Waals surface area contributed by atoms with Crippen molar-refractivity contribution in [3.05, 3.63) is 29.6 Å². The van der Waals surface area contributed by atoms with Gasteiger partial charge in [-0.2, -0.15) is 0 Å². The minimum Gasteiger partial charge on any atom is -0.480 e. The fraction of sp³-hybridized carbons (Fsp3) is 0.462. The zero-order valence-corrected chi connectivity index (χ0v) is 10.7. The van der Waals surface area contributed by atoms with Gasteiger partial charge in [0.2, 0.25) is 0 Å². The van der Waals surface area contributed by atoms with Crippen LogP contribution >= 0.6 is 0 Å². The second-order valence-corrected chi connectivity index (χ2v) is 4.33. The second-order valence-electron chi connectivity index (χ2n) is 4.33. The van der Waals surface area contributed by atoms with E-state index in [1.807, 2.05) is 13.0 Å². The molecule has 1 aromatic heterocycles. The van der Waals surface area contributed by atoms with Crippen molar-refractivity contribution in [2.24, 2.45) is 0 Å². The van der Waals surface area contributed by atoms with E-state index < -0.39 is 12.0 Å². The first-order valence-corrected chi connectivity index (χ1v) is 6.20. The summed E-state index contributed by atoms with van der Waals surface area (Å²) in [7, 11) is 0. The zero-order valence-electron chi connectivity index (χ0n) is 10.7. The third-order valence-corrected chi connectivity index (χ3v) is 3.13. The van der Waals surface area contributed by atoms with Crippen LogP contribution in [-0.2, 0) is 16.0 Å². The molecule has 1 aliphatic rings. The van der Waals surface area contributed by atoms with E-state index in [1.165, 1.54) is 4.90 Å². The van der Waals surface area contributed by atoms with Crippen molar-refractivity contribution in [2.45, 2.75) is 19.4 Å². The lowest BCUT2D eigenvalue weighted by Crippen LogP contribution is -2.52. The molecule has 6 heteroatoms. The molecule has 2 heterocycles. The summed E-state index contributed by atoms with van der Waals surface area (Å²) in [6.07, 6.45) is 2.37. The molecule has 1 fully saturated rings. The van der Waals surface area contributed by atoms with Gasteiger partial charge in [-0.3, -0.25) is 9.78 Å². The number of pyridine rings is 1. The molecule has 0 radical (unpaired) electrons. The molecule has 0 saturated carbocycles. The highest BCUT2D eigenvalue weighted by Gasteiger charge is 2.33. The first-order valence-electron chi connectivity index (χ1n) is 6.20. The van der Waals surface area contributed by atoms with E-state index in [9.17, 15) is 9.59 Å². The molecule has 19 heavy (non-hydrogen) atoms. The molecule has 1 atom stereocenters. The number of carboxylic acid groups (broad SMARTS) is 1. The van der Waals surface area contributed by atoms with Gasteiger partial charge in [0, 0.05) is 12.7 Å². The molecular formula is C13H16N2O4. The van der Waals surface area contributed by atoms with Gasteiger partial charge < -0.3 is 14.7 Å². The Morgan fingerprint density at radius 2 is 2.37 bits per heavy atom. The van der Waals surface area contributed by atoms with E-state index in [1.54, 1.807) is 12.3 Å². The summed E-state index contributed by atoms with van der Waals surface area (Å²) in [6.45, 7) is 2.63. The molecule has 0 bridgehead atoms. The molecule has 0 spiro atoms. The Labute approximate surface area is 111 Å². The molecule has 2 rings (SSSR count). The van der Waals surface area contributed by atoms with Crippen molar-refractivity contribution in [1.29, 1.82) is 0 Å². The fourth-order valence-corrected chi connectivity index (χ4v) is 2.01. The van der Waals surface area contributed by atoms with E-state index in [2.05, 4.69) is 4.98 Å². The molecule has 1 unspecified atom stereocenters. The highest BCUT2D eigenvalue weighted by atomic mass is 16.5. The third kappa shape index (κ3) is 2.90. The van der Waals surface area contributed by atoms with Crippen LogP contribution in [0, 0.1) is 0 Å². The van der Waals surface area contributed by atoms with Gasteiger partial charge in [-0.05, 0) is 24.1 Å². The van der Waals surface area contributed by atoms with Gasteiger partial charge >= 0.3 is 5.97 Å². The maximum absolute atomic E-state index is 12.3. The van der Waals surface area contributed by atoms with E-state index in [0.29, 0.717) is 6.61 Å². The zero-order chi connectivity index (χ0) is 13.8. The highest BCUT2D eigenvalue weighted by Crippen LogP contribution is 2.13. The molecular weight excluding hydrogens is 248 g/mol. The maximum atomic E-state index is 12.3. The Balaban J connectivity index is 2.23. The molecule has 1 aliphatic heterocycles.